The zero-order valence-corrected chi connectivity index (χ0v) is 8.48. The number of aromatic amines is 1. The van der Waals surface area contributed by atoms with Crippen molar-refractivity contribution in [1.82, 2.24) is 15.2 Å². The van der Waals surface area contributed by atoms with Gasteiger partial charge in [-0.2, -0.15) is 5.10 Å². The Labute approximate surface area is 79.5 Å². The Morgan fingerprint density at radius 2 is 2.18 bits per heavy atom. The van der Waals surface area contributed by atoms with Gasteiger partial charge in [0.2, 0.25) is 0 Å². The van der Waals surface area contributed by atoms with Crippen LogP contribution in [0.2, 0.25) is 0 Å². The number of rotatable bonds is 0. The topological polar surface area (TPSA) is 41.6 Å². The number of nitrogens with zero attached hydrogens (tertiary/aromatic N) is 2. The SMILES string of the molecule is Brc1[nH]nc2c(Br)nccc12. The van der Waals surface area contributed by atoms with E-state index in [4.69, 9.17) is 0 Å². The van der Waals surface area contributed by atoms with Crippen molar-refractivity contribution < 1.29 is 0 Å². The molecule has 0 aromatic carbocycles. The van der Waals surface area contributed by atoms with Gasteiger partial charge in [-0.25, -0.2) is 4.98 Å². The van der Waals surface area contributed by atoms with Crippen molar-refractivity contribution in [2.75, 3.05) is 0 Å². The molecule has 1 N–H and O–H groups in total. The van der Waals surface area contributed by atoms with E-state index in [0.29, 0.717) is 0 Å². The van der Waals surface area contributed by atoms with Crippen LogP contribution in [0.4, 0.5) is 0 Å². The van der Waals surface area contributed by atoms with Crippen molar-refractivity contribution in [2.24, 2.45) is 0 Å². The van der Waals surface area contributed by atoms with Gasteiger partial charge in [0, 0.05) is 11.6 Å². The van der Waals surface area contributed by atoms with E-state index in [2.05, 4.69) is 47.0 Å². The van der Waals surface area contributed by atoms with Gasteiger partial charge in [-0.15, -0.1) is 0 Å². The highest BCUT2D eigenvalue weighted by Crippen LogP contribution is 2.24. The number of hydrogen-bond donors (Lipinski definition) is 1. The smallest absolute Gasteiger partial charge is 0.134 e. The molecule has 0 saturated carbocycles. The molecule has 2 aromatic rings. The summed E-state index contributed by atoms with van der Waals surface area (Å²) in [5, 5.41) is 7.88. The number of fused-ring (bicyclic) bond motifs is 1. The standard InChI is InChI=1S/C6H3Br2N3/c7-5-3-1-2-9-6(8)4(3)10-11-5/h1-2H,(H,10,11). The van der Waals surface area contributed by atoms with E-state index >= 15 is 0 Å². The van der Waals surface area contributed by atoms with Crippen molar-refractivity contribution in [2.45, 2.75) is 0 Å². The third-order valence-corrected chi connectivity index (χ3v) is 2.57. The van der Waals surface area contributed by atoms with Gasteiger partial charge in [0.25, 0.3) is 0 Å². The molecule has 0 aliphatic rings. The molecule has 0 radical (unpaired) electrons. The monoisotopic (exact) mass is 275 g/mol. The Balaban J connectivity index is 2.94. The lowest BCUT2D eigenvalue weighted by Gasteiger charge is -1.88. The predicted octanol–water partition coefficient (Wildman–Crippen LogP) is 2.48. The minimum atomic E-state index is 0.761. The molecule has 11 heavy (non-hydrogen) atoms. The maximum absolute atomic E-state index is 4.04. The van der Waals surface area contributed by atoms with Crippen LogP contribution >= 0.6 is 31.9 Å². The summed E-state index contributed by atoms with van der Waals surface area (Å²) in [6, 6.07) is 1.90. The fourth-order valence-electron chi connectivity index (χ4n) is 0.877. The first-order valence-corrected chi connectivity index (χ1v) is 4.51. The second-order valence-corrected chi connectivity index (χ2v) is 3.58. The average molecular weight is 277 g/mol. The molecular weight excluding hydrogens is 274 g/mol. The van der Waals surface area contributed by atoms with Crippen LogP contribution in [0.15, 0.2) is 21.5 Å². The van der Waals surface area contributed by atoms with Crippen LogP contribution < -0.4 is 0 Å². The van der Waals surface area contributed by atoms with Gasteiger partial charge < -0.3 is 0 Å². The molecular formula is C6H3Br2N3. The fraction of sp³-hybridized carbons (Fsp3) is 0. The molecule has 2 rings (SSSR count). The van der Waals surface area contributed by atoms with Gasteiger partial charge in [0.05, 0.1) is 0 Å². The Morgan fingerprint density at radius 1 is 1.36 bits per heavy atom. The van der Waals surface area contributed by atoms with Crippen LogP contribution in [-0.4, -0.2) is 15.2 Å². The molecule has 0 aliphatic heterocycles. The Hall–Kier alpha value is -0.420. The minimum Gasteiger partial charge on any atom is -0.270 e. The molecule has 5 heteroatoms. The summed E-state index contributed by atoms with van der Waals surface area (Å²) in [7, 11) is 0. The number of hydrogen-bond acceptors (Lipinski definition) is 2. The van der Waals surface area contributed by atoms with E-state index in [1.165, 1.54) is 0 Å². The number of pyridine rings is 1. The van der Waals surface area contributed by atoms with E-state index in [-0.39, 0.29) is 0 Å². The summed E-state index contributed by atoms with van der Waals surface area (Å²) < 4.78 is 1.65. The molecule has 2 aromatic heterocycles. The van der Waals surface area contributed by atoms with Crippen molar-refractivity contribution in [3.63, 3.8) is 0 Å². The van der Waals surface area contributed by atoms with Crippen molar-refractivity contribution in [1.29, 1.82) is 0 Å². The summed E-state index contributed by atoms with van der Waals surface area (Å²) in [5.74, 6) is 0. The quantitative estimate of drug-likeness (QED) is 0.751. The highest BCUT2D eigenvalue weighted by molar-refractivity contribution is 9.11. The van der Waals surface area contributed by atoms with Gasteiger partial charge in [0.1, 0.15) is 14.7 Å². The van der Waals surface area contributed by atoms with Crippen molar-refractivity contribution >= 4 is 42.8 Å². The van der Waals surface area contributed by atoms with Crippen LogP contribution in [0, 0.1) is 0 Å². The molecule has 0 fully saturated rings. The Bertz CT molecular complexity index is 396. The number of nitrogens with one attached hydrogen (secondary N) is 1. The van der Waals surface area contributed by atoms with Crippen LogP contribution in [0.25, 0.3) is 10.9 Å². The summed E-state index contributed by atoms with van der Waals surface area (Å²) in [4.78, 5) is 4.03. The van der Waals surface area contributed by atoms with Gasteiger partial charge in [0.15, 0.2) is 0 Å². The lowest BCUT2D eigenvalue weighted by Crippen LogP contribution is -1.75. The Morgan fingerprint density at radius 3 is 2.91 bits per heavy atom. The lowest BCUT2D eigenvalue weighted by atomic mass is 10.3. The second kappa shape index (κ2) is 2.57. The van der Waals surface area contributed by atoms with Gasteiger partial charge in [-0.3, -0.25) is 5.10 Å². The average Bonchev–Trinajstić information content (AvgIpc) is 2.35. The second-order valence-electron chi connectivity index (χ2n) is 2.04. The van der Waals surface area contributed by atoms with E-state index < -0.39 is 0 Å². The fourth-order valence-corrected chi connectivity index (χ4v) is 1.71. The normalized spacial score (nSPS) is 10.7. The summed E-state index contributed by atoms with van der Waals surface area (Å²) in [5.41, 5.74) is 0.847. The number of aromatic nitrogens is 3. The van der Waals surface area contributed by atoms with Gasteiger partial charge in [-0.05, 0) is 37.9 Å². The van der Waals surface area contributed by atoms with Crippen molar-refractivity contribution in [3.8, 4) is 0 Å². The van der Waals surface area contributed by atoms with Crippen LogP contribution in [-0.2, 0) is 0 Å². The summed E-state index contributed by atoms with van der Waals surface area (Å²) >= 11 is 6.63. The third-order valence-electron chi connectivity index (χ3n) is 1.38. The van der Waals surface area contributed by atoms with Gasteiger partial charge >= 0.3 is 0 Å². The zero-order chi connectivity index (χ0) is 7.84. The van der Waals surface area contributed by atoms with E-state index in [1.807, 2.05) is 6.07 Å². The molecule has 2 heterocycles. The molecule has 0 spiro atoms. The largest absolute Gasteiger partial charge is 0.270 e. The molecule has 0 bridgehead atoms. The maximum Gasteiger partial charge on any atom is 0.134 e. The third kappa shape index (κ3) is 1.08. The summed E-state index contributed by atoms with van der Waals surface area (Å²) in [6.45, 7) is 0. The highest BCUT2D eigenvalue weighted by Gasteiger charge is 2.04. The van der Waals surface area contributed by atoms with Crippen LogP contribution in [0.3, 0.4) is 0 Å². The predicted molar refractivity (Wildman–Crippen MR) is 49.3 cm³/mol. The van der Waals surface area contributed by atoms with Crippen LogP contribution in [0.5, 0.6) is 0 Å². The minimum absolute atomic E-state index is 0.761. The first kappa shape index (κ1) is 7.24. The lowest BCUT2D eigenvalue weighted by molar-refractivity contribution is 1.09. The van der Waals surface area contributed by atoms with E-state index in [9.17, 15) is 0 Å². The molecule has 0 aliphatic carbocycles. The van der Waals surface area contributed by atoms with E-state index in [1.54, 1.807) is 6.20 Å². The van der Waals surface area contributed by atoms with E-state index in [0.717, 1.165) is 20.1 Å². The Kier molecular flexibility index (Phi) is 1.69. The zero-order valence-electron chi connectivity index (χ0n) is 5.31. The van der Waals surface area contributed by atoms with Crippen molar-refractivity contribution in [3.05, 3.63) is 21.5 Å². The molecule has 0 saturated heterocycles. The molecule has 0 unspecified atom stereocenters. The first-order chi connectivity index (χ1) is 5.29. The van der Waals surface area contributed by atoms with Gasteiger partial charge in [-0.1, -0.05) is 0 Å². The summed E-state index contributed by atoms with van der Waals surface area (Å²) in [6.07, 6.45) is 1.73. The first-order valence-electron chi connectivity index (χ1n) is 2.93. The number of halogens is 2. The molecule has 0 atom stereocenters. The maximum atomic E-state index is 4.04. The van der Waals surface area contributed by atoms with Crippen LogP contribution in [0.1, 0.15) is 0 Å². The molecule has 56 valence electrons. The molecule has 3 nitrogen and oxygen atoms in total. The number of H-pyrrole nitrogens is 1. The molecule has 0 amide bonds. The highest BCUT2D eigenvalue weighted by atomic mass is 79.9.